The van der Waals surface area contributed by atoms with Crippen molar-refractivity contribution in [1.29, 1.82) is 0 Å². The molecule has 0 amide bonds. The molecule has 2 aliphatic rings. The summed E-state index contributed by atoms with van der Waals surface area (Å²) in [6, 6.07) is 5.96. The number of hydrogen-bond donors (Lipinski definition) is 1. The molecule has 1 saturated carbocycles. The van der Waals surface area contributed by atoms with E-state index in [2.05, 4.69) is 78.6 Å². The number of unbranched alkanes of at least 4 members (excludes halogenated alkanes) is 1. The van der Waals surface area contributed by atoms with E-state index in [1.807, 2.05) is 29.0 Å². The lowest BCUT2D eigenvalue weighted by Gasteiger charge is -2.34. The minimum Gasteiger partial charge on any atom is -0.494 e. The molecule has 1 heterocycles. The number of allylic oxidation sites excluding steroid dienone is 2. The van der Waals surface area contributed by atoms with Crippen LogP contribution >= 0.6 is 0 Å². The first-order valence-electron chi connectivity index (χ1n) is 12.4. The molecule has 1 N–H and O–H groups in total. The van der Waals surface area contributed by atoms with Crippen molar-refractivity contribution in [2.24, 2.45) is 27.1 Å². The number of hydrogen-bond acceptors (Lipinski definition) is 6. The Labute approximate surface area is 208 Å². The molecule has 0 spiro atoms. The minimum atomic E-state index is -0.337. The van der Waals surface area contributed by atoms with E-state index in [9.17, 15) is 0 Å². The molecule has 4 rings (SSSR count). The van der Waals surface area contributed by atoms with E-state index in [0.717, 1.165) is 48.3 Å². The van der Waals surface area contributed by atoms with Crippen molar-refractivity contribution < 1.29 is 9.47 Å². The first kappa shape index (κ1) is 24.9. The van der Waals surface area contributed by atoms with Gasteiger partial charge >= 0.3 is 0 Å². The van der Waals surface area contributed by atoms with E-state index in [-0.39, 0.29) is 16.4 Å². The van der Waals surface area contributed by atoms with E-state index in [1.165, 1.54) is 0 Å². The van der Waals surface area contributed by atoms with Gasteiger partial charge in [-0.1, -0.05) is 43.4 Å². The Bertz CT molecular complexity index is 1140. The summed E-state index contributed by atoms with van der Waals surface area (Å²) < 4.78 is 14.0. The Kier molecular flexibility index (Phi) is 7.01. The molecule has 3 unspecified atom stereocenters. The van der Waals surface area contributed by atoms with Gasteiger partial charge in [0.05, 0.1) is 31.3 Å². The maximum Gasteiger partial charge on any atom is 0.121 e. The van der Waals surface area contributed by atoms with E-state index in [4.69, 9.17) is 9.47 Å². The lowest BCUT2D eigenvalue weighted by atomic mass is 9.79. The maximum absolute atomic E-state index is 6.02. The predicted molar refractivity (Wildman–Crippen MR) is 138 cm³/mol. The zero-order chi connectivity index (χ0) is 25.1. The fraction of sp³-hybridized carbons (Fsp3) is 0.556. The molecule has 0 saturated heterocycles. The third kappa shape index (κ3) is 5.41. The summed E-state index contributed by atoms with van der Waals surface area (Å²) in [6.45, 7) is 14.8. The number of benzene rings is 1. The third-order valence-corrected chi connectivity index (χ3v) is 6.91. The monoisotopic (exact) mass is 478 g/mol. The first-order chi connectivity index (χ1) is 16.7. The van der Waals surface area contributed by atoms with Gasteiger partial charge in [0.25, 0.3) is 0 Å². The molecular formula is C27H38N6O2. The smallest absolute Gasteiger partial charge is 0.121 e. The molecule has 8 nitrogen and oxygen atoms in total. The van der Waals surface area contributed by atoms with E-state index in [1.54, 1.807) is 7.05 Å². The molecule has 2 aromatic rings. The van der Waals surface area contributed by atoms with Crippen molar-refractivity contribution in [2.45, 2.75) is 59.0 Å². The minimum absolute atomic E-state index is 0.0114. The molecule has 188 valence electrons. The normalized spacial score (nSPS) is 23.0. The number of nitrogens with zero attached hydrogens (tertiary/aromatic N) is 5. The third-order valence-electron chi connectivity index (χ3n) is 6.91. The Hall–Kier alpha value is -3.16. The predicted octanol–water partition coefficient (Wildman–Crippen LogP) is 5.64. The van der Waals surface area contributed by atoms with Crippen molar-refractivity contribution in [3.63, 3.8) is 0 Å². The SMILES string of the molecule is C=CC(C)(NN=NC)C12C=CC(OCCCCOc3ccc4nnn(CC(C)(C)C)c4c3)=CC1C2. The largest absolute Gasteiger partial charge is 0.494 e. The first-order valence-corrected chi connectivity index (χ1v) is 12.4. The Morgan fingerprint density at radius 1 is 1.23 bits per heavy atom. The van der Waals surface area contributed by atoms with Crippen molar-refractivity contribution in [2.75, 3.05) is 20.3 Å². The van der Waals surface area contributed by atoms with Crippen LogP contribution in [0.4, 0.5) is 0 Å². The van der Waals surface area contributed by atoms with Gasteiger partial charge in [0.1, 0.15) is 17.0 Å². The van der Waals surface area contributed by atoms with Crippen LogP contribution in [0.1, 0.15) is 47.0 Å². The van der Waals surface area contributed by atoms with Crippen LogP contribution in [0, 0.1) is 16.7 Å². The van der Waals surface area contributed by atoms with Crippen LogP contribution in [-0.4, -0.2) is 40.8 Å². The highest BCUT2D eigenvalue weighted by Gasteiger charge is 2.62. The van der Waals surface area contributed by atoms with Crippen molar-refractivity contribution in [3.05, 3.63) is 54.8 Å². The molecule has 1 aromatic carbocycles. The van der Waals surface area contributed by atoms with Crippen molar-refractivity contribution in [3.8, 4) is 5.75 Å². The molecule has 0 radical (unpaired) electrons. The lowest BCUT2D eigenvalue weighted by molar-refractivity contribution is 0.200. The summed E-state index contributed by atoms with van der Waals surface area (Å²) in [5, 5.41) is 16.4. The number of nitrogens with one attached hydrogen (secondary N) is 1. The van der Waals surface area contributed by atoms with Crippen LogP contribution in [0.5, 0.6) is 5.75 Å². The van der Waals surface area contributed by atoms with Crippen LogP contribution in [-0.2, 0) is 11.3 Å². The van der Waals surface area contributed by atoms with E-state index < -0.39 is 0 Å². The second-order valence-corrected chi connectivity index (χ2v) is 10.9. The summed E-state index contributed by atoms with van der Waals surface area (Å²) in [5.41, 5.74) is 4.84. The summed E-state index contributed by atoms with van der Waals surface area (Å²) >= 11 is 0. The van der Waals surface area contributed by atoms with Gasteiger partial charge in [-0.3, -0.25) is 5.43 Å². The van der Waals surface area contributed by atoms with Gasteiger partial charge in [-0.15, -0.1) is 11.7 Å². The van der Waals surface area contributed by atoms with Crippen LogP contribution in [0.25, 0.3) is 11.0 Å². The van der Waals surface area contributed by atoms with Gasteiger partial charge in [0, 0.05) is 18.0 Å². The number of rotatable bonds is 12. The van der Waals surface area contributed by atoms with Gasteiger partial charge in [0.15, 0.2) is 0 Å². The Balaban J connectivity index is 1.21. The highest BCUT2D eigenvalue weighted by atomic mass is 16.5. The fourth-order valence-electron chi connectivity index (χ4n) is 4.73. The van der Waals surface area contributed by atoms with Gasteiger partial charge in [-0.2, -0.15) is 5.11 Å². The molecule has 0 bridgehead atoms. The highest BCUT2D eigenvalue weighted by molar-refractivity contribution is 5.76. The zero-order valence-corrected chi connectivity index (χ0v) is 21.6. The standard InChI is InChI=1S/C27H38N6O2/c1-7-26(5,30-31-28-6)27-13-12-22(16-20(27)18-27)35-15-9-8-14-34-21-10-11-23-24(17-21)33(32-29-23)19-25(2,3)4/h7,10-13,16-17,20H,1,8-9,14-15,18-19H2,2-6H3,(H,28,30). The molecule has 0 aliphatic heterocycles. The number of ether oxygens (including phenoxy) is 2. The second-order valence-electron chi connectivity index (χ2n) is 10.9. The summed E-state index contributed by atoms with van der Waals surface area (Å²) in [7, 11) is 1.66. The van der Waals surface area contributed by atoms with E-state index in [0.29, 0.717) is 19.1 Å². The number of aromatic nitrogens is 3. The summed E-state index contributed by atoms with van der Waals surface area (Å²) in [5.74, 6) is 2.21. The van der Waals surface area contributed by atoms with Crippen molar-refractivity contribution >= 4 is 11.0 Å². The van der Waals surface area contributed by atoms with Crippen LogP contribution < -0.4 is 10.2 Å². The quantitative estimate of drug-likeness (QED) is 0.185. The summed E-state index contributed by atoms with van der Waals surface area (Å²) in [6.07, 6.45) is 11.4. The maximum atomic E-state index is 6.02. The fourth-order valence-corrected chi connectivity index (χ4v) is 4.73. The zero-order valence-electron chi connectivity index (χ0n) is 21.6. The van der Waals surface area contributed by atoms with Gasteiger partial charge < -0.3 is 9.47 Å². The second kappa shape index (κ2) is 9.84. The topological polar surface area (TPSA) is 85.9 Å². The highest BCUT2D eigenvalue weighted by Crippen LogP contribution is 2.63. The molecule has 3 atom stereocenters. The van der Waals surface area contributed by atoms with Gasteiger partial charge in [0.2, 0.25) is 0 Å². The van der Waals surface area contributed by atoms with Gasteiger partial charge in [-0.05, 0) is 61.8 Å². The number of fused-ring (bicyclic) bond motifs is 2. The van der Waals surface area contributed by atoms with E-state index >= 15 is 0 Å². The lowest BCUT2D eigenvalue weighted by Crippen LogP contribution is -2.46. The molecule has 1 aromatic heterocycles. The molecule has 8 heteroatoms. The van der Waals surface area contributed by atoms with Gasteiger partial charge in [-0.25, -0.2) is 4.68 Å². The van der Waals surface area contributed by atoms with Crippen molar-refractivity contribution in [1.82, 2.24) is 20.4 Å². The van der Waals surface area contributed by atoms with Crippen LogP contribution in [0.2, 0.25) is 0 Å². The Morgan fingerprint density at radius 2 is 2.00 bits per heavy atom. The molecule has 2 aliphatic carbocycles. The average Bonchev–Trinajstić information content (AvgIpc) is 3.46. The molecular weight excluding hydrogens is 440 g/mol. The van der Waals surface area contributed by atoms with Crippen LogP contribution in [0.3, 0.4) is 0 Å². The van der Waals surface area contributed by atoms with Crippen LogP contribution in [0.15, 0.2) is 65.2 Å². The molecule has 1 fully saturated rings. The Morgan fingerprint density at radius 3 is 2.69 bits per heavy atom. The summed E-state index contributed by atoms with van der Waals surface area (Å²) in [4.78, 5) is 0. The molecule has 35 heavy (non-hydrogen) atoms. The average molecular weight is 479 g/mol.